The highest BCUT2D eigenvalue weighted by Gasteiger charge is 2.25. The maximum atomic E-state index is 12.6. The zero-order valence-electron chi connectivity index (χ0n) is 11.5. The van der Waals surface area contributed by atoms with Crippen LogP contribution in [-0.4, -0.2) is 34.0 Å². The number of aromatic nitrogens is 3. The maximum Gasteiger partial charge on any atom is 0.243 e. The molecular weight excluding hydrogens is 312 g/mol. The zero-order valence-corrected chi connectivity index (χ0v) is 13.0. The van der Waals surface area contributed by atoms with Gasteiger partial charge in [0.05, 0.1) is 11.4 Å². The smallest absolute Gasteiger partial charge is 0.243 e. The van der Waals surface area contributed by atoms with Crippen molar-refractivity contribution in [2.75, 3.05) is 6.54 Å². The van der Waals surface area contributed by atoms with Crippen LogP contribution in [0, 0.1) is 0 Å². The number of nitrogens with zero attached hydrogens (tertiary/aromatic N) is 4. The summed E-state index contributed by atoms with van der Waals surface area (Å²) in [4.78, 5) is 0.177. The molecule has 0 saturated heterocycles. The summed E-state index contributed by atoms with van der Waals surface area (Å²) in [5, 5.41) is 8.14. The van der Waals surface area contributed by atoms with Crippen LogP contribution in [0.15, 0.2) is 48.1 Å². The third-order valence-corrected chi connectivity index (χ3v) is 4.98. The summed E-state index contributed by atoms with van der Waals surface area (Å²) in [7, 11) is -1.89. The van der Waals surface area contributed by atoms with Gasteiger partial charge in [0.15, 0.2) is 0 Å². The van der Waals surface area contributed by atoms with E-state index in [2.05, 4.69) is 16.8 Å². The van der Waals surface area contributed by atoms with Crippen molar-refractivity contribution in [2.45, 2.75) is 11.4 Å². The van der Waals surface area contributed by atoms with E-state index in [4.69, 9.17) is 11.6 Å². The Kier molecular flexibility index (Phi) is 4.76. The lowest BCUT2D eigenvalue weighted by Crippen LogP contribution is -2.31. The Morgan fingerprint density at radius 3 is 2.57 bits per heavy atom. The minimum atomic E-state index is -3.65. The molecule has 21 heavy (non-hydrogen) atoms. The van der Waals surface area contributed by atoms with Crippen molar-refractivity contribution in [2.24, 2.45) is 7.05 Å². The van der Waals surface area contributed by atoms with E-state index in [0.717, 1.165) is 0 Å². The van der Waals surface area contributed by atoms with Gasteiger partial charge in [-0.15, -0.1) is 16.8 Å². The number of aryl methyl sites for hydroxylation is 1. The van der Waals surface area contributed by atoms with Crippen LogP contribution >= 0.6 is 11.6 Å². The summed E-state index contributed by atoms with van der Waals surface area (Å²) in [5.41, 5.74) is 0. The molecule has 2 aromatic rings. The third-order valence-electron chi connectivity index (χ3n) is 2.91. The van der Waals surface area contributed by atoms with Gasteiger partial charge in [-0.25, -0.2) is 8.42 Å². The fourth-order valence-corrected chi connectivity index (χ4v) is 3.25. The molecule has 0 unspecified atom stereocenters. The Bertz CT molecular complexity index is 725. The summed E-state index contributed by atoms with van der Waals surface area (Å²) < 4.78 is 28.3. The fraction of sp³-hybridized carbons (Fsp3) is 0.231. The third kappa shape index (κ3) is 3.49. The molecule has 0 fully saturated rings. The molecular formula is C13H15ClN4O2S. The van der Waals surface area contributed by atoms with E-state index in [9.17, 15) is 8.42 Å². The van der Waals surface area contributed by atoms with E-state index in [1.54, 1.807) is 23.7 Å². The highest BCUT2D eigenvalue weighted by atomic mass is 35.5. The van der Waals surface area contributed by atoms with Gasteiger partial charge in [-0.05, 0) is 24.3 Å². The van der Waals surface area contributed by atoms with Gasteiger partial charge in [0.2, 0.25) is 10.0 Å². The van der Waals surface area contributed by atoms with Crippen LogP contribution in [0.3, 0.4) is 0 Å². The molecule has 8 heteroatoms. The molecule has 112 valence electrons. The van der Waals surface area contributed by atoms with Crippen LogP contribution in [0.2, 0.25) is 5.02 Å². The average molecular weight is 327 g/mol. The molecule has 0 aliphatic heterocycles. The first-order valence-electron chi connectivity index (χ1n) is 6.14. The number of hydrogen-bond donors (Lipinski definition) is 0. The summed E-state index contributed by atoms with van der Waals surface area (Å²) in [6.07, 6.45) is 3.06. The molecule has 0 saturated carbocycles. The van der Waals surface area contributed by atoms with E-state index in [0.29, 0.717) is 10.8 Å². The predicted molar refractivity (Wildman–Crippen MR) is 80.2 cm³/mol. The van der Waals surface area contributed by atoms with Crippen LogP contribution < -0.4 is 0 Å². The lowest BCUT2D eigenvalue weighted by atomic mass is 10.4. The second kappa shape index (κ2) is 6.38. The van der Waals surface area contributed by atoms with Crippen LogP contribution in [-0.2, 0) is 23.6 Å². The molecule has 2 rings (SSSR count). The molecule has 0 spiro atoms. The lowest BCUT2D eigenvalue weighted by molar-refractivity contribution is 0.423. The summed E-state index contributed by atoms with van der Waals surface area (Å²) in [6.45, 7) is 3.90. The van der Waals surface area contributed by atoms with Gasteiger partial charge >= 0.3 is 0 Å². The van der Waals surface area contributed by atoms with E-state index in [-0.39, 0.29) is 18.0 Å². The van der Waals surface area contributed by atoms with Gasteiger partial charge in [-0.2, -0.15) is 4.31 Å². The molecule has 0 atom stereocenters. The second-order valence-electron chi connectivity index (χ2n) is 4.40. The number of hydrogen-bond acceptors (Lipinski definition) is 4. The molecule has 1 heterocycles. The fourth-order valence-electron chi connectivity index (χ4n) is 1.76. The van der Waals surface area contributed by atoms with Crippen LogP contribution in [0.4, 0.5) is 0 Å². The summed E-state index contributed by atoms with van der Waals surface area (Å²) >= 11 is 5.79. The normalized spacial score (nSPS) is 11.8. The van der Waals surface area contributed by atoms with E-state index >= 15 is 0 Å². The number of benzene rings is 1. The molecule has 0 N–H and O–H groups in total. The number of sulfonamides is 1. The molecule has 0 aliphatic rings. The van der Waals surface area contributed by atoms with Crippen LogP contribution in [0.1, 0.15) is 5.82 Å². The van der Waals surface area contributed by atoms with Crippen molar-refractivity contribution in [1.82, 2.24) is 19.1 Å². The largest absolute Gasteiger partial charge is 0.320 e. The van der Waals surface area contributed by atoms with Crippen molar-refractivity contribution in [3.8, 4) is 0 Å². The topological polar surface area (TPSA) is 68.1 Å². The second-order valence-corrected chi connectivity index (χ2v) is 6.77. The van der Waals surface area contributed by atoms with Gasteiger partial charge < -0.3 is 4.57 Å². The van der Waals surface area contributed by atoms with Crippen molar-refractivity contribution in [3.05, 3.63) is 54.1 Å². The Morgan fingerprint density at radius 2 is 2.05 bits per heavy atom. The quantitative estimate of drug-likeness (QED) is 0.760. The van der Waals surface area contributed by atoms with E-state index in [1.165, 1.54) is 28.8 Å². The monoisotopic (exact) mass is 326 g/mol. The first-order valence-corrected chi connectivity index (χ1v) is 7.96. The summed E-state index contributed by atoms with van der Waals surface area (Å²) in [6, 6.07) is 6.04. The minimum Gasteiger partial charge on any atom is -0.320 e. The van der Waals surface area contributed by atoms with Gasteiger partial charge in [-0.1, -0.05) is 17.7 Å². The predicted octanol–water partition coefficient (Wildman–Crippen LogP) is 1.85. The molecule has 0 radical (unpaired) electrons. The standard InChI is InChI=1S/C13H15ClN4O2S/c1-3-8-18(9-13-16-15-10-17(13)2)21(19,20)12-6-4-11(14)5-7-12/h3-7,10H,1,8-9H2,2H3. The van der Waals surface area contributed by atoms with Crippen molar-refractivity contribution >= 4 is 21.6 Å². The Labute approximate surface area is 128 Å². The van der Waals surface area contributed by atoms with Crippen molar-refractivity contribution in [3.63, 3.8) is 0 Å². The average Bonchev–Trinajstić information content (AvgIpc) is 2.84. The van der Waals surface area contributed by atoms with Gasteiger partial charge in [-0.3, -0.25) is 0 Å². The SMILES string of the molecule is C=CCN(Cc1nncn1C)S(=O)(=O)c1ccc(Cl)cc1. The Balaban J connectivity index is 2.34. The van der Waals surface area contributed by atoms with Gasteiger partial charge in [0.1, 0.15) is 12.2 Å². The first kappa shape index (κ1) is 15.7. The van der Waals surface area contributed by atoms with Gasteiger partial charge in [0, 0.05) is 18.6 Å². The first-order chi connectivity index (χ1) is 9.95. The van der Waals surface area contributed by atoms with E-state index in [1.807, 2.05) is 0 Å². The molecule has 1 aromatic heterocycles. The molecule has 0 bridgehead atoms. The van der Waals surface area contributed by atoms with Gasteiger partial charge in [0.25, 0.3) is 0 Å². The lowest BCUT2D eigenvalue weighted by Gasteiger charge is -2.20. The van der Waals surface area contributed by atoms with Crippen molar-refractivity contribution in [1.29, 1.82) is 0 Å². The van der Waals surface area contributed by atoms with Crippen LogP contribution in [0.25, 0.3) is 0 Å². The molecule has 1 aromatic carbocycles. The Hall–Kier alpha value is -1.70. The van der Waals surface area contributed by atoms with Crippen LogP contribution in [0.5, 0.6) is 0 Å². The number of halogens is 1. The van der Waals surface area contributed by atoms with E-state index < -0.39 is 10.0 Å². The molecule has 0 amide bonds. The minimum absolute atomic E-state index is 0.119. The Morgan fingerprint density at radius 1 is 1.38 bits per heavy atom. The molecule has 6 nitrogen and oxygen atoms in total. The zero-order chi connectivity index (χ0) is 15.5. The van der Waals surface area contributed by atoms with Crippen molar-refractivity contribution < 1.29 is 8.42 Å². The highest BCUT2D eigenvalue weighted by Crippen LogP contribution is 2.19. The number of rotatable bonds is 6. The molecule has 0 aliphatic carbocycles. The summed E-state index contributed by atoms with van der Waals surface area (Å²) in [5.74, 6) is 0.550. The maximum absolute atomic E-state index is 12.6. The highest BCUT2D eigenvalue weighted by molar-refractivity contribution is 7.89.